The lowest BCUT2D eigenvalue weighted by Crippen LogP contribution is -2.13. The Morgan fingerprint density at radius 3 is 2.88 bits per heavy atom. The number of nitrogens with zero attached hydrogens (tertiary/aromatic N) is 1. The maximum atomic E-state index is 11.9. The molecule has 4 nitrogen and oxygen atoms in total. The third-order valence-electron chi connectivity index (χ3n) is 2.25. The van der Waals surface area contributed by atoms with E-state index in [2.05, 4.69) is 38.1 Å². The minimum Gasteiger partial charge on any atom is -0.307 e. The van der Waals surface area contributed by atoms with Gasteiger partial charge in [0.15, 0.2) is 0 Å². The van der Waals surface area contributed by atoms with Crippen LogP contribution in [0.25, 0.3) is 0 Å². The summed E-state index contributed by atoms with van der Waals surface area (Å²) in [6.45, 7) is 1.86. The third kappa shape index (κ3) is 2.78. The first-order valence-corrected chi connectivity index (χ1v) is 6.30. The standard InChI is InChI=1S/C11H9ClIN3O/c1-6-5-14-16-10(6)15-11(17)7-2-3-9(13)8(12)4-7/h2-5H,1H3,(H2,14,15,16,17). The van der Waals surface area contributed by atoms with Crippen molar-refractivity contribution in [1.82, 2.24) is 10.2 Å². The van der Waals surface area contributed by atoms with Crippen molar-refractivity contribution in [3.05, 3.63) is 44.1 Å². The molecule has 0 aliphatic heterocycles. The van der Waals surface area contributed by atoms with E-state index in [1.165, 1.54) is 0 Å². The molecular formula is C11H9ClIN3O. The van der Waals surface area contributed by atoms with Crippen molar-refractivity contribution in [3.8, 4) is 0 Å². The summed E-state index contributed by atoms with van der Waals surface area (Å²) in [5.41, 5.74) is 1.40. The van der Waals surface area contributed by atoms with Gasteiger partial charge in [-0.2, -0.15) is 5.10 Å². The lowest BCUT2D eigenvalue weighted by atomic mass is 10.2. The summed E-state index contributed by atoms with van der Waals surface area (Å²) in [4.78, 5) is 11.9. The Kier molecular flexibility index (Phi) is 3.68. The Morgan fingerprint density at radius 1 is 1.53 bits per heavy atom. The number of aromatic amines is 1. The molecule has 2 N–H and O–H groups in total. The molecule has 0 saturated carbocycles. The largest absolute Gasteiger partial charge is 0.307 e. The molecule has 1 aromatic carbocycles. The van der Waals surface area contributed by atoms with Gasteiger partial charge in [0.2, 0.25) is 0 Å². The van der Waals surface area contributed by atoms with E-state index < -0.39 is 0 Å². The van der Waals surface area contributed by atoms with Crippen molar-refractivity contribution in [2.24, 2.45) is 0 Å². The molecule has 88 valence electrons. The zero-order valence-electron chi connectivity index (χ0n) is 8.92. The fourth-order valence-electron chi connectivity index (χ4n) is 1.30. The highest BCUT2D eigenvalue weighted by Gasteiger charge is 2.10. The highest BCUT2D eigenvalue weighted by Crippen LogP contribution is 2.20. The Balaban J connectivity index is 2.20. The lowest BCUT2D eigenvalue weighted by molar-refractivity contribution is 0.102. The number of anilines is 1. The number of carbonyl (C=O) groups is 1. The van der Waals surface area contributed by atoms with E-state index in [0.29, 0.717) is 16.4 Å². The summed E-state index contributed by atoms with van der Waals surface area (Å²) in [7, 11) is 0. The Hall–Kier alpha value is -1.08. The predicted octanol–water partition coefficient (Wildman–Crippen LogP) is 3.23. The molecule has 0 unspecified atom stereocenters. The van der Waals surface area contributed by atoms with Crippen molar-refractivity contribution in [2.75, 3.05) is 5.32 Å². The number of amides is 1. The zero-order valence-corrected chi connectivity index (χ0v) is 11.8. The molecule has 0 aliphatic rings. The Labute approximate surface area is 117 Å². The smallest absolute Gasteiger partial charge is 0.256 e. The van der Waals surface area contributed by atoms with Crippen LogP contribution in [0.1, 0.15) is 15.9 Å². The molecule has 0 radical (unpaired) electrons. The average Bonchev–Trinajstić information content (AvgIpc) is 2.68. The van der Waals surface area contributed by atoms with Crippen LogP contribution in [0.5, 0.6) is 0 Å². The maximum Gasteiger partial charge on any atom is 0.256 e. The summed E-state index contributed by atoms with van der Waals surface area (Å²) in [5.74, 6) is 0.389. The monoisotopic (exact) mass is 361 g/mol. The van der Waals surface area contributed by atoms with E-state index in [4.69, 9.17) is 11.6 Å². The molecule has 1 heterocycles. The van der Waals surface area contributed by atoms with Gasteiger partial charge >= 0.3 is 0 Å². The van der Waals surface area contributed by atoms with Gasteiger partial charge in [-0.25, -0.2) is 0 Å². The summed E-state index contributed by atoms with van der Waals surface area (Å²) in [5, 5.41) is 9.85. The van der Waals surface area contributed by atoms with Gasteiger partial charge in [-0.3, -0.25) is 9.89 Å². The second-order valence-corrected chi connectivity index (χ2v) is 5.08. The number of benzene rings is 1. The van der Waals surface area contributed by atoms with Gasteiger partial charge in [-0.1, -0.05) is 11.6 Å². The minimum atomic E-state index is -0.212. The molecule has 2 rings (SSSR count). The van der Waals surface area contributed by atoms with E-state index in [1.807, 2.05) is 6.92 Å². The SMILES string of the molecule is Cc1cn[nH]c1NC(=O)c1ccc(I)c(Cl)c1. The average molecular weight is 362 g/mol. The summed E-state index contributed by atoms with van der Waals surface area (Å²) in [6.07, 6.45) is 1.65. The quantitative estimate of drug-likeness (QED) is 0.807. The van der Waals surface area contributed by atoms with Crippen LogP contribution in [0.15, 0.2) is 24.4 Å². The molecule has 0 fully saturated rings. The maximum absolute atomic E-state index is 11.9. The topological polar surface area (TPSA) is 57.8 Å². The molecule has 0 atom stereocenters. The second kappa shape index (κ2) is 5.05. The van der Waals surface area contributed by atoms with Crippen molar-refractivity contribution in [3.63, 3.8) is 0 Å². The number of H-pyrrole nitrogens is 1. The second-order valence-electron chi connectivity index (χ2n) is 3.51. The fraction of sp³-hybridized carbons (Fsp3) is 0.0909. The summed E-state index contributed by atoms with van der Waals surface area (Å²) in [6, 6.07) is 5.18. The Bertz CT molecular complexity index is 568. The lowest BCUT2D eigenvalue weighted by Gasteiger charge is -2.05. The van der Waals surface area contributed by atoms with E-state index in [-0.39, 0.29) is 5.91 Å². The molecule has 6 heteroatoms. The number of hydrogen-bond acceptors (Lipinski definition) is 2. The van der Waals surface area contributed by atoms with Gasteiger partial charge in [0.25, 0.3) is 5.91 Å². The van der Waals surface area contributed by atoms with Crippen LogP contribution >= 0.6 is 34.2 Å². The fourth-order valence-corrected chi connectivity index (χ4v) is 1.81. The number of carbonyl (C=O) groups excluding carboxylic acids is 1. The molecule has 0 bridgehead atoms. The Morgan fingerprint density at radius 2 is 2.29 bits per heavy atom. The number of aryl methyl sites for hydroxylation is 1. The highest BCUT2D eigenvalue weighted by molar-refractivity contribution is 14.1. The van der Waals surface area contributed by atoms with Gasteiger partial charge in [-0.05, 0) is 47.7 Å². The van der Waals surface area contributed by atoms with Gasteiger partial charge in [0, 0.05) is 14.7 Å². The van der Waals surface area contributed by atoms with E-state index in [1.54, 1.807) is 24.4 Å². The molecule has 0 spiro atoms. The van der Waals surface area contributed by atoms with Crippen LogP contribution in [0.3, 0.4) is 0 Å². The normalized spacial score (nSPS) is 10.3. The molecule has 0 aliphatic carbocycles. The van der Waals surface area contributed by atoms with Crippen LogP contribution in [0.2, 0.25) is 5.02 Å². The number of aromatic nitrogens is 2. The zero-order chi connectivity index (χ0) is 12.4. The van der Waals surface area contributed by atoms with E-state index >= 15 is 0 Å². The van der Waals surface area contributed by atoms with Crippen LogP contribution in [-0.2, 0) is 0 Å². The van der Waals surface area contributed by atoms with Gasteiger partial charge in [0.05, 0.1) is 11.2 Å². The first kappa shape index (κ1) is 12.4. The third-order valence-corrected chi connectivity index (χ3v) is 3.82. The van der Waals surface area contributed by atoms with Gasteiger partial charge in [-0.15, -0.1) is 0 Å². The molecule has 2 aromatic rings. The first-order valence-electron chi connectivity index (χ1n) is 4.84. The van der Waals surface area contributed by atoms with Crippen LogP contribution in [0, 0.1) is 10.5 Å². The number of rotatable bonds is 2. The molecule has 0 saturated heterocycles. The van der Waals surface area contributed by atoms with Crippen LogP contribution in [-0.4, -0.2) is 16.1 Å². The van der Waals surface area contributed by atoms with E-state index in [0.717, 1.165) is 9.13 Å². The van der Waals surface area contributed by atoms with Crippen LogP contribution < -0.4 is 5.32 Å². The van der Waals surface area contributed by atoms with Gasteiger partial charge in [0.1, 0.15) is 5.82 Å². The number of nitrogens with one attached hydrogen (secondary N) is 2. The molecule has 17 heavy (non-hydrogen) atoms. The van der Waals surface area contributed by atoms with Crippen LogP contribution in [0.4, 0.5) is 5.82 Å². The van der Waals surface area contributed by atoms with E-state index in [9.17, 15) is 4.79 Å². The highest BCUT2D eigenvalue weighted by atomic mass is 127. The minimum absolute atomic E-state index is 0.212. The summed E-state index contributed by atoms with van der Waals surface area (Å²) < 4.78 is 0.915. The summed E-state index contributed by atoms with van der Waals surface area (Å²) >= 11 is 8.08. The van der Waals surface area contributed by atoms with Gasteiger partial charge < -0.3 is 5.32 Å². The molecule has 1 aromatic heterocycles. The predicted molar refractivity (Wildman–Crippen MR) is 75.4 cm³/mol. The molecular weight excluding hydrogens is 352 g/mol. The van der Waals surface area contributed by atoms with Crippen molar-refractivity contribution < 1.29 is 4.79 Å². The van der Waals surface area contributed by atoms with Crippen molar-refractivity contribution >= 4 is 45.9 Å². The number of hydrogen-bond donors (Lipinski definition) is 2. The van der Waals surface area contributed by atoms with Crippen molar-refractivity contribution in [1.29, 1.82) is 0 Å². The molecule has 1 amide bonds. The van der Waals surface area contributed by atoms with Crippen molar-refractivity contribution in [2.45, 2.75) is 6.92 Å². The number of halogens is 2. The first-order chi connectivity index (χ1) is 8.08.